The van der Waals surface area contributed by atoms with Crippen molar-refractivity contribution in [3.05, 3.63) is 65.0 Å². The van der Waals surface area contributed by atoms with Crippen LogP contribution in [0.4, 0.5) is 0 Å². The minimum Gasteiger partial charge on any atom is -0.330 e. The fraction of sp³-hybridized carbons (Fsp3) is 0.391. The largest absolute Gasteiger partial charge is 0.330 e. The molecule has 0 bridgehead atoms. The van der Waals surface area contributed by atoms with Crippen molar-refractivity contribution < 1.29 is 4.79 Å². The summed E-state index contributed by atoms with van der Waals surface area (Å²) in [4.78, 5) is 37.6. The second-order valence-corrected chi connectivity index (χ2v) is 7.83. The van der Waals surface area contributed by atoms with E-state index in [-0.39, 0.29) is 11.9 Å². The molecule has 7 heteroatoms. The van der Waals surface area contributed by atoms with Crippen LogP contribution in [0, 0.1) is 27.7 Å². The highest BCUT2D eigenvalue weighted by Crippen LogP contribution is 2.37. The SMILES string of the molecule is Cc1ncc(C(=O)N2CCCC[C@@H]2c2nc(C)ncc2-c2ccncc2C)c(C)n1. The highest BCUT2D eigenvalue weighted by Gasteiger charge is 2.33. The second kappa shape index (κ2) is 8.26. The van der Waals surface area contributed by atoms with Crippen LogP contribution in [0.2, 0.25) is 0 Å². The number of hydrogen-bond donors (Lipinski definition) is 0. The molecular weight excluding hydrogens is 376 g/mol. The lowest BCUT2D eigenvalue weighted by atomic mass is 9.92. The third kappa shape index (κ3) is 3.79. The lowest BCUT2D eigenvalue weighted by Crippen LogP contribution is -2.39. The minimum atomic E-state index is -0.115. The van der Waals surface area contributed by atoms with E-state index in [4.69, 9.17) is 4.98 Å². The predicted molar refractivity (Wildman–Crippen MR) is 114 cm³/mol. The molecule has 1 aliphatic heterocycles. The summed E-state index contributed by atoms with van der Waals surface area (Å²) in [6, 6.07) is 1.87. The van der Waals surface area contributed by atoms with Crippen molar-refractivity contribution in [2.24, 2.45) is 0 Å². The van der Waals surface area contributed by atoms with Gasteiger partial charge in [0.1, 0.15) is 11.6 Å². The first kappa shape index (κ1) is 20.1. The highest BCUT2D eigenvalue weighted by atomic mass is 16.2. The zero-order valence-corrected chi connectivity index (χ0v) is 17.9. The van der Waals surface area contributed by atoms with Crippen LogP contribution >= 0.6 is 0 Å². The van der Waals surface area contributed by atoms with Crippen LogP contribution in [-0.4, -0.2) is 42.3 Å². The van der Waals surface area contributed by atoms with Crippen LogP contribution in [0.3, 0.4) is 0 Å². The Morgan fingerprint density at radius 3 is 2.50 bits per heavy atom. The van der Waals surface area contributed by atoms with Crippen molar-refractivity contribution in [3.8, 4) is 11.1 Å². The van der Waals surface area contributed by atoms with Crippen molar-refractivity contribution in [2.75, 3.05) is 6.54 Å². The number of carbonyl (C=O) groups is 1. The number of amides is 1. The molecule has 4 heterocycles. The molecule has 3 aromatic heterocycles. The molecule has 1 fully saturated rings. The van der Waals surface area contributed by atoms with Crippen molar-refractivity contribution in [1.82, 2.24) is 29.8 Å². The molecule has 1 saturated heterocycles. The van der Waals surface area contributed by atoms with Gasteiger partial charge in [-0.25, -0.2) is 19.9 Å². The van der Waals surface area contributed by atoms with Gasteiger partial charge in [0, 0.05) is 36.9 Å². The van der Waals surface area contributed by atoms with E-state index in [1.165, 1.54) is 0 Å². The van der Waals surface area contributed by atoms with Gasteiger partial charge in [-0.1, -0.05) is 0 Å². The third-order valence-electron chi connectivity index (χ3n) is 5.66. The van der Waals surface area contributed by atoms with E-state index >= 15 is 0 Å². The molecule has 1 aliphatic rings. The number of carbonyl (C=O) groups excluding carboxylic acids is 1. The molecular formula is C23H26N6O. The quantitative estimate of drug-likeness (QED) is 0.660. The van der Waals surface area contributed by atoms with Crippen molar-refractivity contribution >= 4 is 5.91 Å². The lowest BCUT2D eigenvalue weighted by Gasteiger charge is -2.36. The maximum absolute atomic E-state index is 13.5. The number of nitrogens with zero attached hydrogens (tertiary/aromatic N) is 6. The first-order chi connectivity index (χ1) is 14.5. The number of hydrogen-bond acceptors (Lipinski definition) is 6. The van der Waals surface area contributed by atoms with Gasteiger partial charge in [-0.3, -0.25) is 9.78 Å². The number of likely N-dealkylation sites (tertiary alicyclic amines) is 1. The summed E-state index contributed by atoms with van der Waals surface area (Å²) in [7, 11) is 0. The van der Waals surface area contributed by atoms with E-state index in [9.17, 15) is 4.79 Å². The average Bonchev–Trinajstić information content (AvgIpc) is 2.74. The number of aromatic nitrogens is 5. The molecule has 154 valence electrons. The fourth-order valence-corrected chi connectivity index (χ4v) is 4.13. The van der Waals surface area contributed by atoms with E-state index in [1.54, 1.807) is 12.4 Å². The maximum Gasteiger partial charge on any atom is 0.257 e. The molecule has 0 saturated carbocycles. The Labute approximate surface area is 176 Å². The molecule has 0 aromatic carbocycles. The van der Waals surface area contributed by atoms with Gasteiger partial charge in [-0.15, -0.1) is 0 Å². The van der Waals surface area contributed by atoms with E-state index < -0.39 is 0 Å². The molecule has 0 unspecified atom stereocenters. The number of pyridine rings is 1. The van der Waals surface area contributed by atoms with Gasteiger partial charge in [-0.05, 0) is 64.2 Å². The van der Waals surface area contributed by atoms with Crippen LogP contribution in [0.1, 0.15) is 64.3 Å². The van der Waals surface area contributed by atoms with Crippen LogP contribution in [0.15, 0.2) is 30.9 Å². The van der Waals surface area contributed by atoms with Gasteiger partial charge in [0.25, 0.3) is 5.91 Å². The van der Waals surface area contributed by atoms with E-state index in [1.807, 2.05) is 51.1 Å². The number of rotatable bonds is 3. The fourth-order valence-electron chi connectivity index (χ4n) is 4.13. The van der Waals surface area contributed by atoms with E-state index in [0.29, 0.717) is 29.5 Å². The molecule has 1 amide bonds. The van der Waals surface area contributed by atoms with Crippen molar-refractivity contribution in [3.63, 3.8) is 0 Å². The predicted octanol–water partition coefficient (Wildman–Crippen LogP) is 3.93. The van der Waals surface area contributed by atoms with Crippen LogP contribution in [0.5, 0.6) is 0 Å². The summed E-state index contributed by atoms with van der Waals surface area (Å²) in [6.45, 7) is 8.30. The minimum absolute atomic E-state index is 0.0362. The Balaban J connectivity index is 1.79. The Morgan fingerprint density at radius 2 is 1.73 bits per heavy atom. The molecule has 4 rings (SSSR count). The topological polar surface area (TPSA) is 84.8 Å². The zero-order chi connectivity index (χ0) is 21.3. The normalized spacial score (nSPS) is 16.5. The first-order valence-corrected chi connectivity index (χ1v) is 10.3. The Bertz CT molecular complexity index is 1100. The smallest absolute Gasteiger partial charge is 0.257 e. The van der Waals surface area contributed by atoms with E-state index in [0.717, 1.165) is 41.6 Å². The van der Waals surface area contributed by atoms with E-state index in [2.05, 4.69) is 19.9 Å². The Hall–Kier alpha value is -3.22. The summed E-state index contributed by atoms with van der Waals surface area (Å²) in [5.41, 5.74) is 5.23. The summed E-state index contributed by atoms with van der Waals surface area (Å²) < 4.78 is 0. The van der Waals surface area contributed by atoms with Gasteiger partial charge in [0.15, 0.2) is 0 Å². The molecule has 0 spiro atoms. The molecule has 1 atom stereocenters. The maximum atomic E-state index is 13.5. The Morgan fingerprint density at radius 1 is 0.967 bits per heavy atom. The molecule has 7 nitrogen and oxygen atoms in total. The monoisotopic (exact) mass is 402 g/mol. The second-order valence-electron chi connectivity index (χ2n) is 7.83. The summed E-state index contributed by atoms with van der Waals surface area (Å²) in [5, 5.41) is 0. The van der Waals surface area contributed by atoms with Crippen molar-refractivity contribution in [1.29, 1.82) is 0 Å². The van der Waals surface area contributed by atoms with Gasteiger partial charge >= 0.3 is 0 Å². The summed E-state index contributed by atoms with van der Waals surface area (Å²) in [6.07, 6.45) is 10.0. The molecule has 0 aliphatic carbocycles. The van der Waals surface area contributed by atoms with Gasteiger partial charge in [0.2, 0.25) is 0 Å². The summed E-state index contributed by atoms with van der Waals surface area (Å²) in [5.74, 6) is 1.33. The molecule has 3 aromatic rings. The number of piperidine rings is 1. The van der Waals surface area contributed by atoms with Crippen molar-refractivity contribution in [2.45, 2.75) is 53.0 Å². The van der Waals surface area contributed by atoms with Gasteiger partial charge in [-0.2, -0.15) is 0 Å². The van der Waals surface area contributed by atoms with Crippen LogP contribution in [0.25, 0.3) is 11.1 Å². The van der Waals surface area contributed by atoms with Crippen LogP contribution in [-0.2, 0) is 0 Å². The van der Waals surface area contributed by atoms with Crippen LogP contribution < -0.4 is 0 Å². The zero-order valence-electron chi connectivity index (χ0n) is 17.9. The third-order valence-corrected chi connectivity index (χ3v) is 5.66. The average molecular weight is 403 g/mol. The summed E-state index contributed by atoms with van der Waals surface area (Å²) >= 11 is 0. The molecule has 0 radical (unpaired) electrons. The van der Waals surface area contributed by atoms with Gasteiger partial charge < -0.3 is 4.90 Å². The standard InChI is InChI=1S/C23H26N6O/c1-14-11-24-9-8-18(14)20-13-26-17(4)28-22(20)21-7-5-6-10-29(21)23(30)19-12-25-16(3)27-15(19)2/h8-9,11-13,21H,5-7,10H2,1-4H3/t21-/m1/s1. The lowest BCUT2D eigenvalue weighted by molar-refractivity contribution is 0.0604. The number of aryl methyl sites for hydroxylation is 4. The van der Waals surface area contributed by atoms with Gasteiger partial charge in [0.05, 0.1) is 23.0 Å². The first-order valence-electron chi connectivity index (χ1n) is 10.3. The molecule has 30 heavy (non-hydrogen) atoms. The highest BCUT2D eigenvalue weighted by molar-refractivity contribution is 5.95. The molecule has 0 N–H and O–H groups in total. The Kier molecular flexibility index (Phi) is 5.53.